The molecule has 3 heteroatoms. The van der Waals surface area contributed by atoms with Crippen LogP contribution in [0, 0.1) is 5.92 Å². The molecule has 0 aliphatic heterocycles. The average Bonchev–Trinajstić information content (AvgIpc) is 1.89. The van der Waals surface area contributed by atoms with Crippen molar-refractivity contribution in [2.45, 2.75) is 27.2 Å². The molecule has 10 heavy (non-hydrogen) atoms. The standard InChI is InChI=1S/C4H8O2.C3H9N/c1-3(2)4(5)6;1-2-3-4/h3H,1-2H3,(H,5,6);2-4H2,1H3. The number of aliphatic carboxylic acids is 1. The predicted octanol–water partition coefficient (Wildman–Crippen LogP) is -0.969. The topological polar surface area (TPSA) is 67.8 Å². The van der Waals surface area contributed by atoms with Crippen LogP contribution < -0.4 is 10.8 Å². The summed E-state index contributed by atoms with van der Waals surface area (Å²) in [4.78, 5) is 9.59. The summed E-state index contributed by atoms with van der Waals surface area (Å²) in [5.74, 6) is -1.33. The molecule has 0 fully saturated rings. The van der Waals surface area contributed by atoms with Gasteiger partial charge in [0, 0.05) is 5.97 Å². The Morgan fingerprint density at radius 1 is 1.60 bits per heavy atom. The lowest BCUT2D eigenvalue weighted by atomic mass is 10.2. The van der Waals surface area contributed by atoms with Gasteiger partial charge in [-0.3, -0.25) is 0 Å². The van der Waals surface area contributed by atoms with Crippen molar-refractivity contribution in [3.63, 3.8) is 0 Å². The van der Waals surface area contributed by atoms with Gasteiger partial charge in [0.2, 0.25) is 0 Å². The first-order valence-corrected chi connectivity index (χ1v) is 3.56. The molecule has 62 valence electrons. The summed E-state index contributed by atoms with van der Waals surface area (Å²) >= 11 is 0. The van der Waals surface area contributed by atoms with E-state index in [0.29, 0.717) is 0 Å². The molecule has 0 atom stereocenters. The Hall–Kier alpha value is -0.570. The highest BCUT2D eigenvalue weighted by atomic mass is 16.4. The number of hydrogen-bond acceptors (Lipinski definition) is 2. The molecule has 0 aromatic rings. The third kappa shape index (κ3) is 15.7. The van der Waals surface area contributed by atoms with Crippen LogP contribution in [0.4, 0.5) is 0 Å². The lowest BCUT2D eigenvalue weighted by molar-refractivity contribution is -0.367. The van der Waals surface area contributed by atoms with E-state index in [0.717, 1.165) is 6.54 Å². The van der Waals surface area contributed by atoms with Crippen molar-refractivity contribution in [1.82, 2.24) is 0 Å². The molecule has 0 aliphatic carbocycles. The fourth-order valence-corrected chi connectivity index (χ4v) is 0. The van der Waals surface area contributed by atoms with Crippen molar-refractivity contribution in [2.75, 3.05) is 6.54 Å². The Kier molecular flexibility index (Phi) is 10.2. The van der Waals surface area contributed by atoms with Crippen LogP contribution in [0.2, 0.25) is 0 Å². The van der Waals surface area contributed by atoms with Gasteiger partial charge in [-0.25, -0.2) is 0 Å². The Morgan fingerprint density at radius 3 is 1.80 bits per heavy atom. The van der Waals surface area contributed by atoms with E-state index in [4.69, 9.17) is 0 Å². The molecule has 0 saturated carbocycles. The van der Waals surface area contributed by atoms with E-state index in [-0.39, 0.29) is 5.92 Å². The molecule has 0 saturated heterocycles. The zero-order valence-electron chi connectivity index (χ0n) is 7.02. The predicted molar refractivity (Wildman–Crippen MR) is 37.9 cm³/mol. The van der Waals surface area contributed by atoms with Crippen molar-refractivity contribution in [3.8, 4) is 0 Å². The summed E-state index contributed by atoms with van der Waals surface area (Å²) in [5, 5.41) is 9.59. The molecule has 0 rings (SSSR count). The van der Waals surface area contributed by atoms with Gasteiger partial charge in [-0.1, -0.05) is 20.8 Å². The monoisotopic (exact) mass is 147 g/mol. The van der Waals surface area contributed by atoms with Crippen LogP contribution >= 0.6 is 0 Å². The van der Waals surface area contributed by atoms with Crippen LogP contribution in [0.3, 0.4) is 0 Å². The normalized spacial score (nSPS) is 8.50. The Bertz CT molecular complexity index is 79.7. The van der Waals surface area contributed by atoms with E-state index >= 15 is 0 Å². The second kappa shape index (κ2) is 8.43. The molecule has 3 nitrogen and oxygen atoms in total. The van der Waals surface area contributed by atoms with E-state index in [1.54, 1.807) is 13.8 Å². The molecule has 0 spiro atoms. The fourth-order valence-electron chi connectivity index (χ4n) is 0. The molecule has 0 amide bonds. The minimum Gasteiger partial charge on any atom is -0.550 e. The molecule has 0 heterocycles. The molecule has 0 aliphatic rings. The van der Waals surface area contributed by atoms with E-state index in [1.807, 2.05) is 0 Å². The van der Waals surface area contributed by atoms with Crippen molar-refractivity contribution in [2.24, 2.45) is 5.92 Å². The summed E-state index contributed by atoms with van der Waals surface area (Å²) in [7, 11) is 0. The van der Waals surface area contributed by atoms with Gasteiger partial charge in [-0.15, -0.1) is 0 Å². The van der Waals surface area contributed by atoms with Crippen LogP contribution in [-0.4, -0.2) is 12.5 Å². The lowest BCUT2D eigenvalue weighted by Crippen LogP contribution is -2.49. The number of carbonyl (C=O) groups is 1. The number of carboxylic acids is 1. The molecule has 0 radical (unpaired) electrons. The van der Waals surface area contributed by atoms with Gasteiger partial charge in [0.15, 0.2) is 0 Å². The van der Waals surface area contributed by atoms with E-state index in [1.165, 1.54) is 6.42 Å². The van der Waals surface area contributed by atoms with Gasteiger partial charge in [0.25, 0.3) is 0 Å². The first-order chi connectivity index (χ1) is 4.56. The van der Waals surface area contributed by atoms with Crippen molar-refractivity contribution in [1.29, 1.82) is 0 Å². The van der Waals surface area contributed by atoms with E-state index < -0.39 is 5.97 Å². The van der Waals surface area contributed by atoms with Crippen LogP contribution in [-0.2, 0) is 4.79 Å². The van der Waals surface area contributed by atoms with Gasteiger partial charge < -0.3 is 15.6 Å². The van der Waals surface area contributed by atoms with Gasteiger partial charge in [0.05, 0.1) is 6.54 Å². The molecular formula is C7H17NO2. The smallest absolute Gasteiger partial charge is 0.0737 e. The summed E-state index contributed by atoms with van der Waals surface area (Å²) in [6, 6.07) is 0. The largest absolute Gasteiger partial charge is 0.550 e. The lowest BCUT2D eigenvalue weighted by Gasteiger charge is -2.01. The maximum Gasteiger partial charge on any atom is 0.0737 e. The summed E-state index contributed by atoms with van der Waals surface area (Å²) in [5.41, 5.74) is 3.60. The van der Waals surface area contributed by atoms with E-state index in [2.05, 4.69) is 12.7 Å². The average molecular weight is 147 g/mol. The van der Waals surface area contributed by atoms with Crippen LogP contribution in [0.25, 0.3) is 0 Å². The summed E-state index contributed by atoms with van der Waals surface area (Å²) in [6.45, 7) is 6.34. The Morgan fingerprint density at radius 2 is 1.80 bits per heavy atom. The van der Waals surface area contributed by atoms with Crippen molar-refractivity contribution in [3.05, 3.63) is 0 Å². The summed E-state index contributed by atoms with van der Waals surface area (Å²) in [6.07, 6.45) is 1.21. The van der Waals surface area contributed by atoms with Crippen LogP contribution in [0.1, 0.15) is 27.2 Å². The highest BCUT2D eigenvalue weighted by Gasteiger charge is 1.87. The molecule has 3 N–H and O–H groups in total. The Balaban J connectivity index is 0. The molecule has 0 aromatic carbocycles. The second-order valence-corrected chi connectivity index (χ2v) is 2.33. The third-order valence-corrected chi connectivity index (χ3v) is 0.825. The maximum absolute atomic E-state index is 9.59. The maximum atomic E-state index is 9.59. The van der Waals surface area contributed by atoms with Gasteiger partial charge in [-0.05, 0) is 12.3 Å². The first-order valence-electron chi connectivity index (χ1n) is 3.56. The quantitative estimate of drug-likeness (QED) is 0.546. The van der Waals surface area contributed by atoms with Crippen LogP contribution in [0.15, 0.2) is 0 Å². The zero-order chi connectivity index (χ0) is 8.57. The number of hydrogen-bond donors (Lipinski definition) is 1. The van der Waals surface area contributed by atoms with E-state index in [9.17, 15) is 9.90 Å². The number of rotatable bonds is 2. The fraction of sp³-hybridized carbons (Fsp3) is 0.857. The number of carbonyl (C=O) groups excluding carboxylic acids is 1. The zero-order valence-corrected chi connectivity index (χ0v) is 7.02. The molecule has 0 unspecified atom stereocenters. The summed E-state index contributed by atoms with van der Waals surface area (Å²) < 4.78 is 0. The molecule has 0 bridgehead atoms. The molecule has 0 aromatic heterocycles. The third-order valence-electron chi connectivity index (χ3n) is 0.825. The SMILES string of the molecule is CC(C)C(=O)[O-].CCC[NH3+]. The van der Waals surface area contributed by atoms with Crippen molar-refractivity contribution >= 4 is 5.97 Å². The Labute approximate surface area is 62.2 Å². The minimum absolute atomic E-state index is 0.343. The number of carboxylic acid groups (broad SMARTS) is 1. The number of quaternary nitrogens is 1. The van der Waals surface area contributed by atoms with Crippen molar-refractivity contribution < 1.29 is 15.6 Å². The van der Waals surface area contributed by atoms with Gasteiger partial charge in [0.1, 0.15) is 0 Å². The van der Waals surface area contributed by atoms with Gasteiger partial charge >= 0.3 is 0 Å². The highest BCUT2D eigenvalue weighted by Crippen LogP contribution is 1.83. The van der Waals surface area contributed by atoms with Crippen LogP contribution in [0.5, 0.6) is 0 Å². The van der Waals surface area contributed by atoms with Gasteiger partial charge in [-0.2, -0.15) is 0 Å². The molecular weight excluding hydrogens is 130 g/mol. The highest BCUT2D eigenvalue weighted by molar-refractivity contribution is 5.66. The second-order valence-electron chi connectivity index (χ2n) is 2.33. The first kappa shape index (κ1) is 12.1. The minimum atomic E-state index is -0.991.